The van der Waals surface area contributed by atoms with Crippen molar-refractivity contribution in [3.63, 3.8) is 0 Å². The highest BCUT2D eigenvalue weighted by molar-refractivity contribution is 6.26. The average molecular weight is 507 g/mol. The van der Waals surface area contributed by atoms with E-state index in [9.17, 15) is 24.3 Å². The quantitative estimate of drug-likeness (QED) is 0.418. The van der Waals surface area contributed by atoms with Gasteiger partial charge in [-0.1, -0.05) is 31.2 Å². The molecule has 2 saturated carbocycles. The predicted molar refractivity (Wildman–Crippen MR) is 139 cm³/mol. The molecule has 2 bridgehead atoms. The van der Waals surface area contributed by atoms with Crippen LogP contribution in [0.2, 0.25) is 0 Å². The first-order chi connectivity index (χ1) is 17.7. The number of allylic oxidation sites excluding steroid dienone is 5. The molecule has 2 N–H and O–H groups in total. The number of ketones is 2. The van der Waals surface area contributed by atoms with Gasteiger partial charge >= 0.3 is 0 Å². The number of likely N-dealkylation sites (tertiary alicyclic amines) is 1. The normalized spacial score (nSPS) is 40.0. The van der Waals surface area contributed by atoms with Crippen LogP contribution >= 0.6 is 0 Å². The number of carbonyl (C=O) groups is 4. The zero-order chi connectivity index (χ0) is 26.4. The molecule has 9 atom stereocenters. The van der Waals surface area contributed by atoms with Crippen molar-refractivity contribution >= 4 is 23.4 Å². The lowest BCUT2D eigenvalue weighted by Gasteiger charge is -2.35. The molecule has 3 fully saturated rings. The third-order valence-electron chi connectivity index (χ3n) is 9.76. The van der Waals surface area contributed by atoms with Crippen LogP contribution in [0.15, 0.2) is 47.8 Å². The molecule has 0 aromatic heterocycles. The van der Waals surface area contributed by atoms with Gasteiger partial charge in [-0.2, -0.15) is 0 Å². The number of fused-ring (bicyclic) bond motifs is 7. The van der Waals surface area contributed by atoms with Gasteiger partial charge in [-0.05, 0) is 92.6 Å². The molecule has 1 saturated heterocycles. The minimum Gasteiger partial charge on any atom is -0.507 e. The highest BCUT2D eigenvalue weighted by Crippen LogP contribution is 2.58. The molecule has 0 spiro atoms. The van der Waals surface area contributed by atoms with Gasteiger partial charge in [0.05, 0.1) is 6.04 Å². The molecule has 0 aromatic rings. The number of Topliss-reactive ketones (excluding diaryl/α,β-unsaturated/α-hetero) is 2. The Bertz CT molecular complexity index is 1120. The van der Waals surface area contributed by atoms with E-state index in [0.29, 0.717) is 43.1 Å². The average Bonchev–Trinajstić information content (AvgIpc) is 3.44. The van der Waals surface area contributed by atoms with Crippen LogP contribution in [0.4, 0.5) is 0 Å². The molecule has 0 radical (unpaired) electrons. The Kier molecular flexibility index (Phi) is 6.99. The number of aliphatic hydroxyl groups excluding tert-OH is 1. The summed E-state index contributed by atoms with van der Waals surface area (Å²) in [4.78, 5) is 52.0. The minimum atomic E-state index is -0.624. The van der Waals surface area contributed by atoms with E-state index in [0.717, 1.165) is 19.3 Å². The lowest BCUT2D eigenvalue weighted by atomic mass is 9.69. The summed E-state index contributed by atoms with van der Waals surface area (Å²) in [7, 11) is 1.59. The first-order valence-electron chi connectivity index (χ1n) is 13.7. The van der Waals surface area contributed by atoms with E-state index < -0.39 is 11.9 Å². The van der Waals surface area contributed by atoms with Gasteiger partial charge in [0.25, 0.3) is 5.91 Å². The molecule has 2 amide bonds. The lowest BCUT2D eigenvalue weighted by Crippen LogP contribution is -2.33. The number of hydrogen-bond donors (Lipinski definition) is 2. The standard InChI is InChI=1S/C30H38N2O5/c1-16-14-22-21(27(16)17(2)33)11-10-20-19-6-4-8-26(35)31-13-5-7-24-29(36)28(30(37)32(24)3)25(34)12-9-18(19)15-23(20)22/h4,8-12,16,18-24,27,34H,5-7,13-15H2,1-3H3,(H,31,35)/t16-,18-,19+,20-,21-,22+,23+,24+,27+/m1/s1. The molecule has 7 heteroatoms. The zero-order valence-corrected chi connectivity index (χ0v) is 21.9. The molecular formula is C30H38N2O5. The number of rotatable bonds is 1. The summed E-state index contributed by atoms with van der Waals surface area (Å²) in [5.41, 5.74) is -0.138. The Morgan fingerprint density at radius 2 is 1.76 bits per heavy atom. The van der Waals surface area contributed by atoms with E-state index in [-0.39, 0.29) is 52.5 Å². The second-order valence-electron chi connectivity index (χ2n) is 11.8. The summed E-state index contributed by atoms with van der Waals surface area (Å²) < 4.78 is 0. The molecule has 0 unspecified atom stereocenters. The van der Waals surface area contributed by atoms with Gasteiger partial charge in [0.1, 0.15) is 17.1 Å². The van der Waals surface area contributed by atoms with E-state index in [1.165, 1.54) is 4.90 Å². The first kappa shape index (κ1) is 25.7. The number of aliphatic hydroxyl groups is 1. The van der Waals surface area contributed by atoms with Gasteiger partial charge in [0.2, 0.25) is 5.91 Å². The molecule has 37 heavy (non-hydrogen) atoms. The van der Waals surface area contributed by atoms with Gasteiger partial charge in [0, 0.05) is 19.5 Å². The van der Waals surface area contributed by atoms with Crippen LogP contribution < -0.4 is 5.32 Å². The monoisotopic (exact) mass is 506 g/mol. The lowest BCUT2D eigenvalue weighted by molar-refractivity contribution is -0.125. The summed E-state index contributed by atoms with van der Waals surface area (Å²) in [5.74, 6) is 1.30. The van der Waals surface area contributed by atoms with Crippen molar-refractivity contribution < 1.29 is 24.3 Å². The topological polar surface area (TPSA) is 104 Å². The van der Waals surface area contributed by atoms with Crippen LogP contribution in [0.25, 0.3) is 0 Å². The number of hydrogen-bond acceptors (Lipinski definition) is 5. The van der Waals surface area contributed by atoms with E-state index >= 15 is 0 Å². The molecule has 3 aliphatic carbocycles. The molecule has 198 valence electrons. The van der Waals surface area contributed by atoms with Gasteiger partial charge < -0.3 is 15.3 Å². The van der Waals surface area contributed by atoms with Crippen molar-refractivity contribution in [2.45, 2.75) is 52.0 Å². The zero-order valence-electron chi connectivity index (χ0n) is 21.9. The fourth-order valence-corrected chi connectivity index (χ4v) is 8.10. The minimum absolute atomic E-state index is 0.0754. The van der Waals surface area contributed by atoms with Crippen molar-refractivity contribution in [1.82, 2.24) is 10.2 Å². The van der Waals surface area contributed by atoms with Crippen LogP contribution in [0.1, 0.15) is 46.0 Å². The highest BCUT2D eigenvalue weighted by atomic mass is 16.3. The highest BCUT2D eigenvalue weighted by Gasteiger charge is 2.53. The van der Waals surface area contributed by atoms with Crippen molar-refractivity contribution in [2.75, 3.05) is 13.6 Å². The van der Waals surface area contributed by atoms with Gasteiger partial charge in [-0.25, -0.2) is 0 Å². The molecule has 0 aromatic carbocycles. The van der Waals surface area contributed by atoms with Crippen LogP contribution in [-0.4, -0.2) is 53.0 Å². The van der Waals surface area contributed by atoms with Gasteiger partial charge in [-0.15, -0.1) is 0 Å². The van der Waals surface area contributed by atoms with Crippen molar-refractivity contribution in [3.05, 3.63) is 47.8 Å². The summed E-state index contributed by atoms with van der Waals surface area (Å²) in [6, 6.07) is -0.624. The van der Waals surface area contributed by atoms with E-state index in [1.807, 2.05) is 12.2 Å². The maximum absolute atomic E-state index is 13.0. The Hall–Kier alpha value is -2.96. The predicted octanol–water partition coefficient (Wildman–Crippen LogP) is 3.54. The maximum Gasteiger partial charge on any atom is 0.261 e. The first-order valence-corrected chi connectivity index (χ1v) is 13.7. The van der Waals surface area contributed by atoms with E-state index in [2.05, 4.69) is 24.4 Å². The van der Waals surface area contributed by atoms with Crippen LogP contribution in [-0.2, 0) is 19.2 Å². The van der Waals surface area contributed by atoms with E-state index in [1.54, 1.807) is 26.1 Å². The number of nitrogens with zero attached hydrogens (tertiary/aromatic N) is 1. The third kappa shape index (κ3) is 4.51. The number of amides is 2. The largest absolute Gasteiger partial charge is 0.507 e. The molecule has 5 aliphatic rings. The number of carbonyl (C=O) groups excluding carboxylic acids is 4. The van der Waals surface area contributed by atoms with Crippen molar-refractivity contribution in [2.24, 2.45) is 47.3 Å². The molecule has 2 heterocycles. The fourth-order valence-electron chi connectivity index (χ4n) is 8.10. The maximum atomic E-state index is 13.0. The fraction of sp³-hybridized carbons (Fsp3) is 0.600. The van der Waals surface area contributed by atoms with Gasteiger partial charge in [0.15, 0.2) is 5.78 Å². The summed E-state index contributed by atoms with van der Waals surface area (Å²) in [6.07, 6.45) is 15.3. The Labute approximate surface area is 218 Å². The molecule has 7 nitrogen and oxygen atoms in total. The van der Waals surface area contributed by atoms with Crippen molar-refractivity contribution in [1.29, 1.82) is 0 Å². The molecule has 2 aliphatic heterocycles. The third-order valence-corrected chi connectivity index (χ3v) is 9.76. The Morgan fingerprint density at radius 3 is 2.51 bits per heavy atom. The van der Waals surface area contributed by atoms with Crippen LogP contribution in [0.3, 0.4) is 0 Å². The van der Waals surface area contributed by atoms with Gasteiger partial charge in [-0.3, -0.25) is 19.2 Å². The number of likely N-dealkylation sites (N-methyl/N-ethyl adjacent to an activating group) is 1. The SMILES string of the molecule is CC(=O)[C@H]1[C@@H]2C=C[C@@H]3[C@H]4CC=CC(=O)NCCC[C@H]5C(=O)C(=C(O)C=C[C@@H]4C[C@@H]3[C@H]2C[C@H]1C)C(=O)N5C. The second-order valence-corrected chi connectivity index (χ2v) is 11.8. The van der Waals surface area contributed by atoms with Crippen molar-refractivity contribution in [3.8, 4) is 0 Å². The number of nitrogens with one attached hydrogen (secondary N) is 1. The van der Waals surface area contributed by atoms with Crippen LogP contribution in [0, 0.1) is 47.3 Å². The summed E-state index contributed by atoms with van der Waals surface area (Å²) in [5, 5.41) is 13.7. The Morgan fingerprint density at radius 1 is 1.03 bits per heavy atom. The summed E-state index contributed by atoms with van der Waals surface area (Å²) in [6.45, 7) is 4.32. The van der Waals surface area contributed by atoms with Crippen LogP contribution in [0.5, 0.6) is 0 Å². The summed E-state index contributed by atoms with van der Waals surface area (Å²) >= 11 is 0. The second kappa shape index (κ2) is 10.1. The molecule has 5 rings (SSSR count). The smallest absolute Gasteiger partial charge is 0.261 e. The Balaban J connectivity index is 1.48. The van der Waals surface area contributed by atoms with E-state index in [4.69, 9.17) is 0 Å². The molecular weight excluding hydrogens is 468 g/mol.